The highest BCUT2D eigenvalue weighted by atomic mass is 32.2. The van der Waals surface area contributed by atoms with E-state index in [9.17, 15) is 8.42 Å². The zero-order valence-electron chi connectivity index (χ0n) is 14.7. The monoisotopic (exact) mass is 352 g/mol. The molecule has 1 rings (SSSR count). The van der Waals surface area contributed by atoms with Gasteiger partial charge >= 0.3 is 0 Å². The molecule has 1 aromatic rings. The van der Waals surface area contributed by atoms with Crippen molar-refractivity contribution in [2.75, 3.05) is 33.7 Å². The minimum absolute atomic E-state index is 0.277. The molecule has 0 amide bonds. The Morgan fingerprint density at radius 2 is 1.96 bits per heavy atom. The molecule has 0 aliphatic carbocycles. The second-order valence-electron chi connectivity index (χ2n) is 5.54. The molecule has 0 spiro atoms. The van der Waals surface area contributed by atoms with Gasteiger partial charge < -0.3 is 10.2 Å². The van der Waals surface area contributed by atoms with E-state index in [1.165, 1.54) is 0 Å². The van der Waals surface area contributed by atoms with Gasteiger partial charge in [-0.1, -0.05) is 23.8 Å². The van der Waals surface area contributed by atoms with E-state index in [1.807, 2.05) is 24.9 Å². The Bertz CT molecular complexity index is 639. The van der Waals surface area contributed by atoms with Gasteiger partial charge in [0.2, 0.25) is 10.0 Å². The molecule has 0 unspecified atom stereocenters. The van der Waals surface area contributed by atoms with Crippen LogP contribution < -0.4 is 10.0 Å². The second kappa shape index (κ2) is 10.1. The number of aryl methyl sites for hydroxylation is 1. The van der Waals surface area contributed by atoms with Crippen molar-refractivity contribution < 1.29 is 8.42 Å². The lowest BCUT2D eigenvalue weighted by Gasteiger charge is -2.21. The summed E-state index contributed by atoms with van der Waals surface area (Å²) in [6.07, 6.45) is 3.85. The third kappa shape index (κ3) is 6.72. The van der Waals surface area contributed by atoms with Gasteiger partial charge in [-0.3, -0.25) is 4.99 Å². The van der Waals surface area contributed by atoms with Crippen LogP contribution in [0.25, 0.3) is 0 Å². The van der Waals surface area contributed by atoms with E-state index in [1.54, 1.807) is 31.3 Å². The van der Waals surface area contributed by atoms with Crippen LogP contribution in [0, 0.1) is 6.92 Å². The average molecular weight is 353 g/mol. The molecule has 24 heavy (non-hydrogen) atoms. The molecule has 0 atom stereocenters. The van der Waals surface area contributed by atoms with Crippen molar-refractivity contribution in [3.8, 4) is 0 Å². The molecule has 0 aromatic heterocycles. The average Bonchev–Trinajstić information content (AvgIpc) is 2.55. The zero-order chi connectivity index (χ0) is 18.0. The predicted molar refractivity (Wildman–Crippen MR) is 99.8 cm³/mol. The maximum absolute atomic E-state index is 12.2. The predicted octanol–water partition coefficient (Wildman–Crippen LogP) is 1.75. The van der Waals surface area contributed by atoms with Crippen molar-refractivity contribution in [1.82, 2.24) is 14.9 Å². The summed E-state index contributed by atoms with van der Waals surface area (Å²) in [7, 11) is 0.190. The molecular formula is C17H28N4O2S. The van der Waals surface area contributed by atoms with Crippen molar-refractivity contribution in [3.63, 3.8) is 0 Å². The van der Waals surface area contributed by atoms with E-state index in [0.717, 1.165) is 30.9 Å². The Labute approximate surface area is 145 Å². The lowest BCUT2D eigenvalue weighted by molar-refractivity contribution is 0.470. The van der Waals surface area contributed by atoms with Gasteiger partial charge in [0.15, 0.2) is 5.96 Å². The third-order valence-corrected chi connectivity index (χ3v) is 4.98. The number of allylic oxidation sites excluding steroid dienone is 1. The molecule has 6 nitrogen and oxygen atoms in total. The fourth-order valence-corrected chi connectivity index (χ4v) is 3.16. The first-order valence-electron chi connectivity index (χ1n) is 7.99. The summed E-state index contributed by atoms with van der Waals surface area (Å²) in [6, 6.07) is 6.79. The van der Waals surface area contributed by atoms with Crippen molar-refractivity contribution in [1.29, 1.82) is 0 Å². The first kappa shape index (κ1) is 20.2. The van der Waals surface area contributed by atoms with E-state index < -0.39 is 10.0 Å². The van der Waals surface area contributed by atoms with Crippen LogP contribution in [0.4, 0.5) is 0 Å². The van der Waals surface area contributed by atoms with Crippen LogP contribution in [0.3, 0.4) is 0 Å². The molecule has 134 valence electrons. The highest BCUT2D eigenvalue weighted by molar-refractivity contribution is 7.89. The summed E-state index contributed by atoms with van der Waals surface area (Å²) in [6.45, 7) is 7.24. The largest absolute Gasteiger partial charge is 0.355 e. The minimum atomic E-state index is -3.47. The normalized spacial score (nSPS) is 12.0. The number of hydrogen-bond donors (Lipinski definition) is 2. The van der Waals surface area contributed by atoms with E-state index in [2.05, 4.69) is 21.6 Å². The van der Waals surface area contributed by atoms with Gasteiger partial charge in [0.25, 0.3) is 0 Å². The number of benzene rings is 1. The highest BCUT2D eigenvalue weighted by Crippen LogP contribution is 2.09. The van der Waals surface area contributed by atoms with Crippen molar-refractivity contribution >= 4 is 16.0 Å². The van der Waals surface area contributed by atoms with Crippen LogP contribution in [0.2, 0.25) is 0 Å². The first-order valence-corrected chi connectivity index (χ1v) is 9.48. The van der Waals surface area contributed by atoms with Crippen LogP contribution in [-0.2, 0) is 10.0 Å². The summed E-state index contributed by atoms with van der Waals surface area (Å²) in [4.78, 5) is 6.49. The Kier molecular flexibility index (Phi) is 8.49. The van der Waals surface area contributed by atoms with E-state index in [-0.39, 0.29) is 11.4 Å². The molecule has 7 heteroatoms. The number of unbranched alkanes of at least 4 members (excludes halogenated alkanes) is 1. The topological polar surface area (TPSA) is 73.8 Å². The van der Waals surface area contributed by atoms with Gasteiger partial charge in [-0.25, -0.2) is 13.1 Å². The number of nitrogens with zero attached hydrogens (tertiary/aromatic N) is 2. The molecule has 1 aromatic carbocycles. The van der Waals surface area contributed by atoms with Crippen LogP contribution in [-0.4, -0.2) is 53.0 Å². The molecule has 0 saturated carbocycles. The fourth-order valence-electron chi connectivity index (χ4n) is 2.12. The standard InChI is InChI=1S/C17H28N4O2S/c1-5-6-7-14-21(4)17(18-3)19-12-13-20-24(22,23)16-10-8-15(2)9-11-16/h5,8-11,20H,1,6-7,12-14H2,2-4H3,(H,18,19). The van der Waals surface area contributed by atoms with Crippen LogP contribution in [0.1, 0.15) is 18.4 Å². The van der Waals surface area contributed by atoms with Gasteiger partial charge in [0.1, 0.15) is 0 Å². The van der Waals surface area contributed by atoms with E-state index in [4.69, 9.17) is 0 Å². The smallest absolute Gasteiger partial charge is 0.240 e. The fraction of sp³-hybridized carbons (Fsp3) is 0.471. The van der Waals surface area contributed by atoms with Crippen LogP contribution in [0.15, 0.2) is 46.8 Å². The van der Waals surface area contributed by atoms with Crippen molar-refractivity contribution in [2.45, 2.75) is 24.7 Å². The molecular weight excluding hydrogens is 324 g/mol. The molecule has 0 radical (unpaired) electrons. The second-order valence-corrected chi connectivity index (χ2v) is 7.30. The molecule has 0 bridgehead atoms. The SMILES string of the molecule is C=CCCCN(C)C(=NC)NCCNS(=O)(=O)c1ccc(C)cc1. The van der Waals surface area contributed by atoms with Crippen molar-refractivity contribution in [2.24, 2.45) is 4.99 Å². The van der Waals surface area contributed by atoms with Gasteiger partial charge in [-0.05, 0) is 31.9 Å². The molecule has 0 fully saturated rings. The Balaban J connectivity index is 2.43. The Morgan fingerprint density at radius 1 is 1.29 bits per heavy atom. The number of aliphatic imine (C=N–C) groups is 1. The van der Waals surface area contributed by atoms with Crippen LogP contribution in [0.5, 0.6) is 0 Å². The Morgan fingerprint density at radius 3 is 2.54 bits per heavy atom. The van der Waals surface area contributed by atoms with E-state index in [0.29, 0.717) is 6.54 Å². The highest BCUT2D eigenvalue weighted by Gasteiger charge is 2.13. The number of rotatable bonds is 9. The van der Waals surface area contributed by atoms with Gasteiger partial charge in [0, 0.05) is 33.7 Å². The maximum atomic E-state index is 12.2. The molecule has 0 aliphatic heterocycles. The zero-order valence-corrected chi connectivity index (χ0v) is 15.6. The number of nitrogens with one attached hydrogen (secondary N) is 2. The van der Waals surface area contributed by atoms with Crippen LogP contribution >= 0.6 is 0 Å². The quantitative estimate of drug-likeness (QED) is 0.307. The lowest BCUT2D eigenvalue weighted by atomic mass is 10.2. The van der Waals surface area contributed by atoms with E-state index >= 15 is 0 Å². The Hall–Kier alpha value is -1.86. The number of sulfonamides is 1. The minimum Gasteiger partial charge on any atom is -0.355 e. The van der Waals surface area contributed by atoms with Gasteiger partial charge in [-0.2, -0.15) is 0 Å². The van der Waals surface area contributed by atoms with Gasteiger partial charge in [0.05, 0.1) is 4.90 Å². The molecule has 2 N–H and O–H groups in total. The van der Waals surface area contributed by atoms with Gasteiger partial charge in [-0.15, -0.1) is 6.58 Å². The molecule has 0 aliphatic rings. The summed E-state index contributed by atoms with van der Waals surface area (Å²) < 4.78 is 26.9. The van der Waals surface area contributed by atoms with Crippen molar-refractivity contribution in [3.05, 3.63) is 42.5 Å². The summed E-state index contributed by atoms with van der Waals surface area (Å²) in [5.41, 5.74) is 1.03. The number of hydrogen-bond acceptors (Lipinski definition) is 3. The molecule has 0 saturated heterocycles. The maximum Gasteiger partial charge on any atom is 0.240 e. The third-order valence-electron chi connectivity index (χ3n) is 3.51. The summed E-state index contributed by atoms with van der Waals surface area (Å²) in [5.74, 6) is 0.744. The first-order chi connectivity index (χ1) is 11.4. The lowest BCUT2D eigenvalue weighted by Crippen LogP contribution is -2.42. The molecule has 0 heterocycles. The summed E-state index contributed by atoms with van der Waals surface area (Å²) in [5, 5.41) is 3.15. The number of guanidine groups is 1. The summed E-state index contributed by atoms with van der Waals surface area (Å²) >= 11 is 0.